The number of nitrogens with two attached hydrogens (primary N) is 1. The van der Waals surface area contributed by atoms with Crippen molar-refractivity contribution >= 4 is 28.8 Å². The van der Waals surface area contributed by atoms with E-state index in [0.717, 1.165) is 54.3 Å². The third kappa shape index (κ3) is 6.11. The van der Waals surface area contributed by atoms with E-state index in [9.17, 15) is 5.26 Å². The fourth-order valence-corrected chi connectivity index (χ4v) is 5.02. The molecule has 3 N–H and O–H groups in total. The Morgan fingerprint density at radius 3 is 2.52 bits per heavy atom. The second kappa shape index (κ2) is 12.1. The van der Waals surface area contributed by atoms with Gasteiger partial charge < -0.3 is 16.0 Å². The Morgan fingerprint density at radius 1 is 1.10 bits per heavy atom. The first kappa shape index (κ1) is 26.4. The smallest absolute Gasteiger partial charge is 0.227 e. The molecule has 8 heteroatoms. The molecule has 0 bridgehead atoms. The number of nitrogens with one attached hydrogen (secondary N) is 1. The van der Waals surface area contributed by atoms with Crippen LogP contribution < -0.4 is 21.0 Å². The number of hydrogen-bond acceptors (Lipinski definition) is 7. The first-order valence-electron chi connectivity index (χ1n) is 13.3. The van der Waals surface area contributed by atoms with Gasteiger partial charge in [-0.2, -0.15) is 10.4 Å². The maximum absolute atomic E-state index is 9.98. The second-order valence-corrected chi connectivity index (χ2v) is 9.72. The number of rotatable bonds is 8. The molecule has 1 aliphatic rings. The van der Waals surface area contributed by atoms with Gasteiger partial charge in [0.2, 0.25) is 5.95 Å². The van der Waals surface area contributed by atoms with Crippen LogP contribution in [0.4, 0.5) is 23.0 Å². The quantitative estimate of drug-likeness (QED) is 0.155. The molecule has 1 saturated heterocycles. The number of benzene rings is 3. The molecule has 0 spiro atoms. The molecule has 200 valence electrons. The van der Waals surface area contributed by atoms with Gasteiger partial charge in [-0.3, -0.25) is 0 Å². The first-order chi connectivity index (χ1) is 19.5. The largest absolute Gasteiger partial charge is 0.386 e. The Labute approximate surface area is 235 Å². The predicted octanol–water partition coefficient (Wildman–Crippen LogP) is 6.38. The van der Waals surface area contributed by atoms with Crippen LogP contribution >= 0.6 is 0 Å². The van der Waals surface area contributed by atoms with Gasteiger partial charge in [0.1, 0.15) is 11.9 Å². The molecule has 5 rings (SSSR count). The van der Waals surface area contributed by atoms with Crippen LogP contribution in [0.25, 0.3) is 11.3 Å². The number of piperidine rings is 1. The molecule has 2 heterocycles. The van der Waals surface area contributed by atoms with Crippen molar-refractivity contribution in [2.24, 2.45) is 10.8 Å². The lowest BCUT2D eigenvalue weighted by atomic mass is 9.89. The zero-order valence-corrected chi connectivity index (χ0v) is 22.5. The molecule has 4 aromatic rings. The van der Waals surface area contributed by atoms with Crippen LogP contribution in [0.15, 0.2) is 103 Å². The zero-order chi connectivity index (χ0) is 27.9. The van der Waals surface area contributed by atoms with Gasteiger partial charge in [-0.05, 0) is 73.7 Å². The van der Waals surface area contributed by atoms with Gasteiger partial charge in [-0.15, -0.1) is 0 Å². The Kier molecular flexibility index (Phi) is 8.02. The summed E-state index contributed by atoms with van der Waals surface area (Å²) in [5.74, 6) is 1.47. The highest BCUT2D eigenvalue weighted by Gasteiger charge is 2.22. The van der Waals surface area contributed by atoms with Gasteiger partial charge >= 0.3 is 0 Å². The van der Waals surface area contributed by atoms with E-state index in [-0.39, 0.29) is 0 Å². The number of nitriles is 1. The molecule has 0 saturated carbocycles. The molecular formula is C32H32N8. The first-order valence-corrected chi connectivity index (χ1v) is 13.3. The number of amidine groups is 1. The van der Waals surface area contributed by atoms with E-state index in [1.165, 1.54) is 5.56 Å². The zero-order valence-electron chi connectivity index (χ0n) is 22.5. The lowest BCUT2D eigenvalue weighted by Crippen LogP contribution is -2.33. The van der Waals surface area contributed by atoms with Gasteiger partial charge in [-0.1, -0.05) is 43.0 Å². The SMILES string of the molecule is C=CN(/N=C(/C)N)c1ccc(Nc2nccc(-c3ccc(N4CCC(c5ccccc5)CC4)c(C#N)c3)n2)cc1. The maximum atomic E-state index is 9.98. The number of nitrogens with zero attached hydrogens (tertiary/aromatic N) is 6. The molecule has 1 fully saturated rings. The third-order valence-corrected chi connectivity index (χ3v) is 7.00. The molecule has 3 aromatic carbocycles. The van der Waals surface area contributed by atoms with E-state index in [1.54, 1.807) is 24.3 Å². The molecule has 0 aliphatic carbocycles. The monoisotopic (exact) mass is 528 g/mol. The van der Waals surface area contributed by atoms with Crippen LogP contribution in [0.1, 0.15) is 36.8 Å². The average Bonchev–Trinajstić information content (AvgIpc) is 3.00. The van der Waals surface area contributed by atoms with Crippen molar-refractivity contribution in [1.82, 2.24) is 9.97 Å². The standard InChI is InChI=1S/C32H32N8/c1-3-40(38-23(2)34)29-12-10-28(11-13-29)36-32-35-18-15-30(37-32)26-9-14-31(27(21-26)22-33)39-19-16-25(17-20-39)24-7-5-4-6-8-24/h3-15,18,21,25H,1,16-17,19-20H2,2H3,(H2,34,38)(H,35,36,37). The Morgan fingerprint density at radius 2 is 1.85 bits per heavy atom. The molecule has 1 aliphatic heterocycles. The lowest BCUT2D eigenvalue weighted by molar-refractivity contribution is 0.505. The second-order valence-electron chi connectivity index (χ2n) is 9.72. The van der Waals surface area contributed by atoms with Crippen molar-refractivity contribution in [2.75, 3.05) is 28.3 Å². The number of hydrogen-bond donors (Lipinski definition) is 2. The van der Waals surface area contributed by atoms with Gasteiger partial charge in [0.25, 0.3) is 0 Å². The Balaban J connectivity index is 1.29. The van der Waals surface area contributed by atoms with Crippen LogP contribution in [-0.4, -0.2) is 28.9 Å². The lowest BCUT2D eigenvalue weighted by Gasteiger charge is -2.34. The van der Waals surface area contributed by atoms with Crippen LogP contribution in [0, 0.1) is 11.3 Å². The van der Waals surface area contributed by atoms with Crippen LogP contribution in [0.2, 0.25) is 0 Å². The Bertz CT molecular complexity index is 1530. The van der Waals surface area contributed by atoms with E-state index >= 15 is 0 Å². The minimum absolute atomic E-state index is 0.438. The topological polar surface area (TPSA) is 106 Å². The van der Waals surface area contributed by atoms with Crippen molar-refractivity contribution in [3.63, 3.8) is 0 Å². The van der Waals surface area contributed by atoms with Gasteiger partial charge in [0, 0.05) is 36.7 Å². The minimum atomic E-state index is 0.438. The van der Waals surface area contributed by atoms with Crippen LogP contribution in [0.5, 0.6) is 0 Å². The third-order valence-electron chi connectivity index (χ3n) is 7.00. The van der Waals surface area contributed by atoms with Crippen molar-refractivity contribution < 1.29 is 0 Å². The molecule has 0 unspecified atom stereocenters. The molecule has 0 atom stereocenters. The fourth-order valence-electron chi connectivity index (χ4n) is 5.02. The van der Waals surface area contributed by atoms with Crippen molar-refractivity contribution in [3.8, 4) is 17.3 Å². The summed E-state index contributed by atoms with van der Waals surface area (Å²) in [6, 6.07) is 28.6. The summed E-state index contributed by atoms with van der Waals surface area (Å²) in [4.78, 5) is 11.4. The van der Waals surface area contributed by atoms with Crippen molar-refractivity contribution in [3.05, 3.63) is 109 Å². The van der Waals surface area contributed by atoms with Crippen molar-refractivity contribution in [1.29, 1.82) is 5.26 Å². The molecular weight excluding hydrogens is 496 g/mol. The van der Waals surface area contributed by atoms with E-state index < -0.39 is 0 Å². The normalized spacial score (nSPS) is 13.9. The highest BCUT2D eigenvalue weighted by molar-refractivity contribution is 5.79. The Hall–Kier alpha value is -5.16. The summed E-state index contributed by atoms with van der Waals surface area (Å²) in [5.41, 5.74) is 12.0. The highest BCUT2D eigenvalue weighted by Crippen LogP contribution is 2.33. The van der Waals surface area contributed by atoms with E-state index in [4.69, 9.17) is 10.7 Å². The van der Waals surface area contributed by atoms with Crippen molar-refractivity contribution in [2.45, 2.75) is 25.7 Å². The predicted molar refractivity (Wildman–Crippen MR) is 163 cm³/mol. The molecule has 8 nitrogen and oxygen atoms in total. The molecule has 0 amide bonds. The summed E-state index contributed by atoms with van der Waals surface area (Å²) in [5, 5.41) is 19.1. The van der Waals surface area contributed by atoms with Gasteiger partial charge in [0.15, 0.2) is 0 Å². The number of hydrazone groups is 1. The summed E-state index contributed by atoms with van der Waals surface area (Å²) >= 11 is 0. The summed E-state index contributed by atoms with van der Waals surface area (Å²) in [6.45, 7) is 7.36. The fraction of sp³-hybridized carbons (Fsp3) is 0.188. The summed E-state index contributed by atoms with van der Waals surface area (Å²) in [7, 11) is 0. The number of aromatic nitrogens is 2. The molecule has 0 radical (unpaired) electrons. The van der Waals surface area contributed by atoms with Crippen LogP contribution in [-0.2, 0) is 0 Å². The summed E-state index contributed by atoms with van der Waals surface area (Å²) in [6.07, 6.45) is 5.46. The summed E-state index contributed by atoms with van der Waals surface area (Å²) < 4.78 is 0. The maximum Gasteiger partial charge on any atom is 0.227 e. The highest BCUT2D eigenvalue weighted by atomic mass is 15.5. The number of anilines is 4. The minimum Gasteiger partial charge on any atom is -0.386 e. The van der Waals surface area contributed by atoms with E-state index in [1.807, 2.05) is 48.5 Å². The van der Waals surface area contributed by atoms with E-state index in [2.05, 4.69) is 63.3 Å². The van der Waals surface area contributed by atoms with Gasteiger partial charge in [0.05, 0.1) is 22.6 Å². The van der Waals surface area contributed by atoms with E-state index in [0.29, 0.717) is 23.3 Å². The molecule has 40 heavy (non-hydrogen) atoms. The van der Waals surface area contributed by atoms with Gasteiger partial charge in [-0.25, -0.2) is 15.0 Å². The van der Waals surface area contributed by atoms with Crippen LogP contribution in [0.3, 0.4) is 0 Å². The average molecular weight is 529 g/mol. The molecule has 1 aromatic heterocycles.